The molecule has 9 heteroatoms. The lowest BCUT2D eigenvalue weighted by molar-refractivity contribution is -0.144. The number of anilines is 1. The van der Waals surface area contributed by atoms with Crippen molar-refractivity contribution in [3.8, 4) is 5.75 Å². The van der Waals surface area contributed by atoms with Crippen LogP contribution in [-0.2, 0) is 22.6 Å². The average Bonchev–Trinajstić information content (AvgIpc) is 3.04. The SMILES string of the molecule is CCOC(=O)Cn1c(=O)nc2n1C(=O)N(c1cccc(OC)c1)C2. The molecule has 0 saturated heterocycles. The van der Waals surface area contributed by atoms with Gasteiger partial charge in [-0.25, -0.2) is 14.3 Å². The fourth-order valence-corrected chi connectivity index (χ4v) is 2.53. The molecule has 0 aliphatic carbocycles. The molecule has 1 aliphatic rings. The van der Waals surface area contributed by atoms with E-state index in [1.807, 2.05) is 0 Å². The second kappa shape index (κ2) is 6.19. The third-order valence-corrected chi connectivity index (χ3v) is 3.59. The van der Waals surface area contributed by atoms with Gasteiger partial charge in [0.2, 0.25) is 0 Å². The Morgan fingerprint density at radius 3 is 2.83 bits per heavy atom. The predicted octanol–water partition coefficient (Wildman–Crippen LogP) is 0.605. The van der Waals surface area contributed by atoms with Gasteiger partial charge in [0.1, 0.15) is 12.3 Å². The largest absolute Gasteiger partial charge is 0.497 e. The zero-order valence-corrected chi connectivity index (χ0v) is 13.3. The van der Waals surface area contributed by atoms with Crippen LogP contribution in [0.15, 0.2) is 29.1 Å². The molecule has 3 rings (SSSR count). The number of hydrogen-bond acceptors (Lipinski definition) is 6. The zero-order valence-electron chi connectivity index (χ0n) is 13.3. The monoisotopic (exact) mass is 332 g/mol. The summed E-state index contributed by atoms with van der Waals surface area (Å²) >= 11 is 0. The number of rotatable bonds is 5. The summed E-state index contributed by atoms with van der Waals surface area (Å²) < 4.78 is 12.1. The molecular formula is C15H16N4O5. The molecule has 1 aromatic carbocycles. The van der Waals surface area contributed by atoms with E-state index in [1.165, 1.54) is 12.0 Å². The van der Waals surface area contributed by atoms with Crippen LogP contribution in [0.1, 0.15) is 12.7 Å². The maximum absolute atomic E-state index is 12.7. The Kier molecular flexibility index (Phi) is 4.07. The van der Waals surface area contributed by atoms with Gasteiger partial charge in [-0.3, -0.25) is 9.69 Å². The van der Waals surface area contributed by atoms with Crippen molar-refractivity contribution in [2.75, 3.05) is 18.6 Å². The summed E-state index contributed by atoms with van der Waals surface area (Å²) in [5.41, 5.74) is -0.0447. The Balaban J connectivity index is 1.92. The predicted molar refractivity (Wildman–Crippen MR) is 83.1 cm³/mol. The summed E-state index contributed by atoms with van der Waals surface area (Å²) in [7, 11) is 1.53. The van der Waals surface area contributed by atoms with Crippen molar-refractivity contribution >= 4 is 17.7 Å². The number of methoxy groups -OCH3 is 1. The number of ether oxygens (including phenoxy) is 2. The average molecular weight is 332 g/mol. The normalized spacial score (nSPS) is 13.1. The molecule has 1 aliphatic heterocycles. The third-order valence-electron chi connectivity index (χ3n) is 3.59. The first-order valence-electron chi connectivity index (χ1n) is 7.35. The highest BCUT2D eigenvalue weighted by molar-refractivity contribution is 5.95. The molecule has 126 valence electrons. The van der Waals surface area contributed by atoms with Crippen LogP contribution in [0.4, 0.5) is 10.5 Å². The van der Waals surface area contributed by atoms with Crippen LogP contribution in [0.5, 0.6) is 5.75 Å². The first kappa shape index (κ1) is 15.8. The summed E-state index contributed by atoms with van der Waals surface area (Å²) in [6.45, 7) is 1.63. The van der Waals surface area contributed by atoms with Gasteiger partial charge < -0.3 is 9.47 Å². The number of esters is 1. The lowest BCUT2D eigenvalue weighted by atomic mass is 10.3. The van der Waals surface area contributed by atoms with E-state index in [0.29, 0.717) is 11.4 Å². The number of carbonyl (C=O) groups excluding carboxylic acids is 2. The molecular weight excluding hydrogens is 316 g/mol. The van der Waals surface area contributed by atoms with Crippen molar-refractivity contribution in [1.29, 1.82) is 0 Å². The Morgan fingerprint density at radius 1 is 1.33 bits per heavy atom. The molecule has 0 saturated carbocycles. The molecule has 0 atom stereocenters. The van der Waals surface area contributed by atoms with Gasteiger partial charge in [-0.2, -0.15) is 9.67 Å². The molecule has 0 spiro atoms. The van der Waals surface area contributed by atoms with E-state index in [0.717, 1.165) is 9.36 Å². The molecule has 0 fully saturated rings. The second-order valence-electron chi connectivity index (χ2n) is 5.06. The van der Waals surface area contributed by atoms with E-state index in [2.05, 4.69) is 4.98 Å². The highest BCUT2D eigenvalue weighted by atomic mass is 16.5. The standard InChI is InChI=1S/C15H16N4O5/c1-3-24-13(20)9-18-14(21)16-12-8-17(15(22)19(12)18)10-5-4-6-11(7-10)23-2/h4-7H,3,8-9H2,1-2H3. The minimum absolute atomic E-state index is 0.136. The molecule has 2 heterocycles. The lowest BCUT2D eigenvalue weighted by Gasteiger charge is -2.16. The zero-order chi connectivity index (χ0) is 17.3. The molecule has 2 aromatic rings. The van der Waals surface area contributed by atoms with E-state index in [9.17, 15) is 14.4 Å². The van der Waals surface area contributed by atoms with Gasteiger partial charge in [0.05, 0.1) is 20.3 Å². The van der Waals surface area contributed by atoms with E-state index < -0.39 is 17.7 Å². The van der Waals surface area contributed by atoms with Gasteiger partial charge in [-0.05, 0) is 19.1 Å². The van der Waals surface area contributed by atoms with E-state index in [-0.39, 0.29) is 25.5 Å². The van der Waals surface area contributed by atoms with Crippen molar-refractivity contribution in [1.82, 2.24) is 14.3 Å². The van der Waals surface area contributed by atoms with Crippen molar-refractivity contribution < 1.29 is 19.1 Å². The summed E-state index contributed by atoms with van der Waals surface area (Å²) in [5.74, 6) is 0.279. The Labute approximate surface area is 137 Å². The molecule has 24 heavy (non-hydrogen) atoms. The highest BCUT2D eigenvalue weighted by Gasteiger charge is 2.34. The van der Waals surface area contributed by atoms with Gasteiger partial charge in [0.25, 0.3) is 0 Å². The Hall–Kier alpha value is -3.10. The Morgan fingerprint density at radius 2 is 2.12 bits per heavy atom. The molecule has 0 unspecified atom stereocenters. The summed E-state index contributed by atoms with van der Waals surface area (Å²) in [6.07, 6.45) is 0. The van der Waals surface area contributed by atoms with Crippen LogP contribution in [0.25, 0.3) is 0 Å². The van der Waals surface area contributed by atoms with Gasteiger partial charge >= 0.3 is 17.7 Å². The fourth-order valence-electron chi connectivity index (χ4n) is 2.53. The number of nitrogens with zero attached hydrogens (tertiary/aromatic N) is 4. The molecule has 0 radical (unpaired) electrons. The van der Waals surface area contributed by atoms with Crippen molar-refractivity contribution in [3.05, 3.63) is 40.6 Å². The first-order valence-corrected chi connectivity index (χ1v) is 7.35. The third kappa shape index (κ3) is 2.64. The minimum Gasteiger partial charge on any atom is -0.497 e. The van der Waals surface area contributed by atoms with E-state index in [1.54, 1.807) is 31.2 Å². The van der Waals surface area contributed by atoms with Crippen LogP contribution in [0.2, 0.25) is 0 Å². The molecule has 0 bridgehead atoms. The number of carbonyl (C=O) groups is 2. The smallest absolute Gasteiger partial charge is 0.365 e. The summed E-state index contributed by atoms with van der Waals surface area (Å²) in [4.78, 5) is 41.5. The van der Waals surface area contributed by atoms with Crippen LogP contribution < -0.4 is 15.3 Å². The molecule has 0 N–H and O–H groups in total. The number of fused-ring (bicyclic) bond motifs is 1. The molecule has 9 nitrogen and oxygen atoms in total. The van der Waals surface area contributed by atoms with Gasteiger partial charge in [-0.1, -0.05) is 6.07 Å². The molecule has 1 aromatic heterocycles. The van der Waals surface area contributed by atoms with Gasteiger partial charge in [-0.15, -0.1) is 0 Å². The number of aromatic nitrogens is 3. The minimum atomic E-state index is -0.656. The van der Waals surface area contributed by atoms with Crippen molar-refractivity contribution in [3.63, 3.8) is 0 Å². The lowest BCUT2D eigenvalue weighted by Crippen LogP contribution is -2.35. The van der Waals surface area contributed by atoms with Gasteiger partial charge in [0, 0.05) is 11.8 Å². The van der Waals surface area contributed by atoms with Crippen LogP contribution in [0.3, 0.4) is 0 Å². The summed E-state index contributed by atoms with van der Waals surface area (Å²) in [5, 5.41) is 0. The topological polar surface area (TPSA) is 95.7 Å². The highest BCUT2D eigenvalue weighted by Crippen LogP contribution is 2.26. The maximum atomic E-state index is 12.7. The Bertz CT molecular complexity index is 854. The summed E-state index contributed by atoms with van der Waals surface area (Å²) in [6, 6.07) is 6.52. The van der Waals surface area contributed by atoms with Crippen molar-refractivity contribution in [2.24, 2.45) is 0 Å². The van der Waals surface area contributed by atoms with Crippen LogP contribution in [-0.4, -0.2) is 40.1 Å². The second-order valence-corrected chi connectivity index (χ2v) is 5.06. The van der Waals surface area contributed by atoms with Crippen LogP contribution in [0, 0.1) is 0 Å². The van der Waals surface area contributed by atoms with Gasteiger partial charge in [0.15, 0.2) is 5.82 Å². The number of amides is 1. The quantitative estimate of drug-likeness (QED) is 0.744. The molecule has 1 amide bonds. The van der Waals surface area contributed by atoms with Crippen LogP contribution >= 0.6 is 0 Å². The first-order chi connectivity index (χ1) is 11.5. The van der Waals surface area contributed by atoms with Crippen molar-refractivity contribution in [2.45, 2.75) is 20.0 Å². The maximum Gasteiger partial charge on any atom is 0.365 e. The number of benzene rings is 1. The van der Waals surface area contributed by atoms with E-state index in [4.69, 9.17) is 9.47 Å². The fraction of sp³-hybridized carbons (Fsp3) is 0.333. The number of hydrogen-bond donors (Lipinski definition) is 0. The van der Waals surface area contributed by atoms with E-state index >= 15 is 0 Å².